The van der Waals surface area contributed by atoms with Crippen molar-refractivity contribution in [3.05, 3.63) is 63.5 Å². The van der Waals surface area contributed by atoms with Gasteiger partial charge in [-0.25, -0.2) is 4.68 Å². The van der Waals surface area contributed by atoms with E-state index in [2.05, 4.69) is 41.8 Å². The van der Waals surface area contributed by atoms with Crippen molar-refractivity contribution in [2.24, 2.45) is 0 Å². The van der Waals surface area contributed by atoms with Crippen LogP contribution in [-0.2, 0) is 4.79 Å². The van der Waals surface area contributed by atoms with E-state index in [1.165, 1.54) is 16.0 Å². The summed E-state index contributed by atoms with van der Waals surface area (Å²) in [4.78, 5) is 13.4. The van der Waals surface area contributed by atoms with Crippen LogP contribution in [0, 0.1) is 13.8 Å². The molecule has 0 fully saturated rings. The molecule has 4 rings (SSSR count). The van der Waals surface area contributed by atoms with Crippen molar-refractivity contribution in [3.8, 4) is 5.69 Å². The quantitative estimate of drug-likeness (QED) is 0.774. The molecule has 116 valence electrons. The van der Waals surface area contributed by atoms with Gasteiger partial charge < -0.3 is 5.32 Å². The molecular weight excluding hydrogens is 306 g/mol. The summed E-state index contributed by atoms with van der Waals surface area (Å²) in [5.41, 5.74) is 4.49. The third kappa shape index (κ3) is 2.28. The Kier molecular flexibility index (Phi) is 3.31. The van der Waals surface area contributed by atoms with Gasteiger partial charge in [0.05, 0.1) is 11.9 Å². The standard InChI is InChI=1S/C18H17N3OS/c1-11-5-3-6-15(12(11)2)21-18-14(10-19-21)13(9-17(22)20-18)16-7-4-8-23-16/h3-8,10,13H,9H2,1-2H3,(H,20,22). The molecule has 1 aliphatic rings. The number of thiophene rings is 1. The van der Waals surface area contributed by atoms with Crippen LogP contribution >= 0.6 is 11.3 Å². The Morgan fingerprint density at radius 3 is 2.91 bits per heavy atom. The van der Waals surface area contributed by atoms with Gasteiger partial charge >= 0.3 is 0 Å². The molecule has 1 aromatic carbocycles. The number of amides is 1. The monoisotopic (exact) mass is 323 g/mol. The lowest BCUT2D eigenvalue weighted by molar-refractivity contribution is -0.116. The molecule has 23 heavy (non-hydrogen) atoms. The van der Waals surface area contributed by atoms with Gasteiger partial charge in [-0.05, 0) is 42.5 Å². The first-order chi connectivity index (χ1) is 11.1. The molecular formula is C18H17N3OS. The number of hydrogen-bond donors (Lipinski definition) is 1. The SMILES string of the molecule is Cc1cccc(-n2ncc3c2NC(=O)CC3c2cccs2)c1C. The minimum absolute atomic E-state index is 0.0444. The van der Waals surface area contributed by atoms with E-state index in [1.807, 2.05) is 29.1 Å². The lowest BCUT2D eigenvalue weighted by atomic mass is 9.93. The number of nitrogens with zero attached hydrogens (tertiary/aromatic N) is 2. The molecule has 5 heteroatoms. The highest BCUT2D eigenvalue weighted by molar-refractivity contribution is 7.10. The van der Waals surface area contributed by atoms with Crippen LogP contribution in [0.15, 0.2) is 41.9 Å². The molecule has 4 nitrogen and oxygen atoms in total. The van der Waals surface area contributed by atoms with Crippen molar-refractivity contribution < 1.29 is 4.79 Å². The van der Waals surface area contributed by atoms with E-state index in [9.17, 15) is 4.79 Å². The van der Waals surface area contributed by atoms with Crippen molar-refractivity contribution in [1.82, 2.24) is 9.78 Å². The first-order valence-corrected chi connectivity index (χ1v) is 8.51. The number of benzene rings is 1. The third-order valence-corrected chi connectivity index (χ3v) is 5.50. The molecule has 0 spiro atoms. The maximum absolute atomic E-state index is 12.2. The fourth-order valence-electron chi connectivity index (χ4n) is 3.11. The minimum atomic E-state index is 0.0444. The molecule has 1 aliphatic heterocycles. The van der Waals surface area contributed by atoms with Gasteiger partial charge in [0, 0.05) is 22.8 Å². The zero-order chi connectivity index (χ0) is 16.0. The summed E-state index contributed by atoms with van der Waals surface area (Å²) in [6.45, 7) is 4.17. The molecule has 0 radical (unpaired) electrons. The number of fused-ring (bicyclic) bond motifs is 1. The van der Waals surface area contributed by atoms with Gasteiger partial charge in [0.2, 0.25) is 5.91 Å². The molecule has 1 unspecified atom stereocenters. The number of nitrogens with one attached hydrogen (secondary N) is 1. The van der Waals surface area contributed by atoms with Gasteiger partial charge in [0.15, 0.2) is 0 Å². The Bertz CT molecular complexity index is 880. The molecule has 2 aromatic heterocycles. The average Bonchev–Trinajstić information content (AvgIpc) is 3.19. The van der Waals surface area contributed by atoms with Gasteiger partial charge in [-0.3, -0.25) is 4.79 Å². The highest BCUT2D eigenvalue weighted by Crippen LogP contribution is 2.39. The molecule has 0 aliphatic carbocycles. The van der Waals surface area contributed by atoms with Crippen molar-refractivity contribution in [1.29, 1.82) is 0 Å². The Labute approximate surface area is 138 Å². The van der Waals surface area contributed by atoms with E-state index in [-0.39, 0.29) is 11.8 Å². The van der Waals surface area contributed by atoms with E-state index in [0.717, 1.165) is 17.1 Å². The number of anilines is 1. The molecule has 0 saturated heterocycles. The van der Waals surface area contributed by atoms with Crippen molar-refractivity contribution >= 4 is 23.1 Å². The fraction of sp³-hybridized carbons (Fsp3) is 0.222. The second kappa shape index (κ2) is 5.35. The molecule has 0 saturated carbocycles. The lowest BCUT2D eigenvalue weighted by Crippen LogP contribution is -2.24. The summed E-state index contributed by atoms with van der Waals surface area (Å²) in [6, 6.07) is 10.3. The fourth-order valence-corrected chi connectivity index (χ4v) is 3.96. The van der Waals surface area contributed by atoms with Crippen LogP contribution in [0.1, 0.15) is 33.9 Å². The third-order valence-electron chi connectivity index (χ3n) is 4.51. The molecule has 3 heterocycles. The minimum Gasteiger partial charge on any atom is -0.310 e. The average molecular weight is 323 g/mol. The van der Waals surface area contributed by atoms with Crippen molar-refractivity contribution in [2.75, 3.05) is 5.32 Å². The summed E-state index contributed by atoms with van der Waals surface area (Å²) in [5.74, 6) is 0.939. The Morgan fingerprint density at radius 1 is 1.26 bits per heavy atom. The second-order valence-electron chi connectivity index (χ2n) is 5.90. The predicted octanol–water partition coefficient (Wildman–Crippen LogP) is 4.02. The maximum atomic E-state index is 12.2. The number of rotatable bonds is 2. The zero-order valence-corrected chi connectivity index (χ0v) is 13.9. The topological polar surface area (TPSA) is 46.9 Å². The molecule has 0 bridgehead atoms. The first-order valence-electron chi connectivity index (χ1n) is 7.63. The highest BCUT2D eigenvalue weighted by atomic mass is 32.1. The number of carbonyl (C=O) groups is 1. The van der Waals surface area contributed by atoms with E-state index < -0.39 is 0 Å². The largest absolute Gasteiger partial charge is 0.310 e. The maximum Gasteiger partial charge on any atom is 0.226 e. The summed E-state index contributed by atoms with van der Waals surface area (Å²) < 4.78 is 1.86. The van der Waals surface area contributed by atoms with Crippen LogP contribution in [0.3, 0.4) is 0 Å². The van der Waals surface area contributed by atoms with Crippen LogP contribution < -0.4 is 5.32 Å². The predicted molar refractivity (Wildman–Crippen MR) is 92.4 cm³/mol. The van der Waals surface area contributed by atoms with Gasteiger partial charge in [0.25, 0.3) is 0 Å². The second-order valence-corrected chi connectivity index (χ2v) is 6.88. The van der Waals surface area contributed by atoms with Crippen LogP contribution in [0.5, 0.6) is 0 Å². The lowest BCUT2D eigenvalue weighted by Gasteiger charge is -2.23. The van der Waals surface area contributed by atoms with Gasteiger partial charge in [-0.15, -0.1) is 11.3 Å². The van der Waals surface area contributed by atoms with Crippen molar-refractivity contribution in [2.45, 2.75) is 26.2 Å². The highest BCUT2D eigenvalue weighted by Gasteiger charge is 2.31. The van der Waals surface area contributed by atoms with E-state index in [0.29, 0.717) is 6.42 Å². The smallest absolute Gasteiger partial charge is 0.226 e. The Hall–Kier alpha value is -2.40. The van der Waals surface area contributed by atoms with Crippen molar-refractivity contribution in [3.63, 3.8) is 0 Å². The van der Waals surface area contributed by atoms with Crippen LogP contribution in [0.25, 0.3) is 5.69 Å². The molecule has 1 atom stereocenters. The summed E-state index contributed by atoms with van der Waals surface area (Å²) >= 11 is 1.69. The van der Waals surface area contributed by atoms with Gasteiger partial charge in [0.1, 0.15) is 5.82 Å². The number of aryl methyl sites for hydroxylation is 1. The number of aromatic nitrogens is 2. The van der Waals surface area contributed by atoms with Gasteiger partial charge in [-0.1, -0.05) is 18.2 Å². The number of carbonyl (C=O) groups excluding carboxylic acids is 1. The summed E-state index contributed by atoms with van der Waals surface area (Å²) in [7, 11) is 0. The van der Waals surface area contributed by atoms with E-state index >= 15 is 0 Å². The van der Waals surface area contributed by atoms with E-state index in [4.69, 9.17) is 0 Å². The van der Waals surface area contributed by atoms with Crippen LogP contribution in [0.2, 0.25) is 0 Å². The van der Waals surface area contributed by atoms with Gasteiger partial charge in [-0.2, -0.15) is 5.10 Å². The number of hydrogen-bond acceptors (Lipinski definition) is 3. The molecule has 3 aromatic rings. The van der Waals surface area contributed by atoms with E-state index in [1.54, 1.807) is 11.3 Å². The Balaban J connectivity index is 1.87. The first kappa shape index (κ1) is 14.2. The molecule has 1 N–H and O–H groups in total. The van der Waals surface area contributed by atoms with Crippen LogP contribution in [0.4, 0.5) is 5.82 Å². The van der Waals surface area contributed by atoms with Crippen LogP contribution in [-0.4, -0.2) is 15.7 Å². The summed E-state index contributed by atoms with van der Waals surface area (Å²) in [5, 5.41) is 9.64. The Morgan fingerprint density at radius 2 is 2.13 bits per heavy atom. The molecule has 1 amide bonds. The zero-order valence-electron chi connectivity index (χ0n) is 13.0. The summed E-state index contributed by atoms with van der Waals surface area (Å²) in [6.07, 6.45) is 2.37. The normalized spacial score (nSPS) is 17.0.